The highest BCUT2D eigenvalue weighted by molar-refractivity contribution is 5.43. The van der Waals surface area contributed by atoms with E-state index in [0.717, 1.165) is 29.4 Å². The number of hydrogen-bond donors (Lipinski definition) is 1. The van der Waals surface area contributed by atoms with Crippen LogP contribution in [0.25, 0.3) is 5.69 Å². The van der Waals surface area contributed by atoms with E-state index in [1.807, 2.05) is 25.1 Å². The molecule has 0 aliphatic heterocycles. The predicted octanol–water partition coefficient (Wildman–Crippen LogP) is 0.715. The Kier molecular flexibility index (Phi) is 5.03. The molecule has 7 nitrogen and oxygen atoms in total. The summed E-state index contributed by atoms with van der Waals surface area (Å²) in [5.41, 5.74) is 1.95. The quantitative estimate of drug-likeness (QED) is 0.752. The fraction of sp³-hybridized carbons (Fsp3) is 0.462. The first kappa shape index (κ1) is 14.4. The molecule has 0 atom stereocenters. The van der Waals surface area contributed by atoms with Crippen LogP contribution in [-0.4, -0.2) is 47.6 Å². The maximum absolute atomic E-state index is 5.25. The number of benzene rings is 1. The molecule has 0 saturated carbocycles. The first-order chi connectivity index (χ1) is 9.76. The Bertz CT molecular complexity index is 555. The van der Waals surface area contributed by atoms with Gasteiger partial charge in [0.25, 0.3) is 0 Å². The summed E-state index contributed by atoms with van der Waals surface area (Å²) in [6, 6.07) is 5.84. The molecule has 2 rings (SSSR count). The van der Waals surface area contributed by atoms with Gasteiger partial charge in [0.05, 0.1) is 25.9 Å². The van der Waals surface area contributed by atoms with Gasteiger partial charge < -0.3 is 14.8 Å². The molecule has 1 aromatic heterocycles. The molecular weight excluding hydrogens is 258 g/mol. The number of nitrogens with zero attached hydrogens (tertiary/aromatic N) is 4. The van der Waals surface area contributed by atoms with Crippen molar-refractivity contribution >= 4 is 0 Å². The highest BCUT2D eigenvalue weighted by Crippen LogP contribution is 2.20. The summed E-state index contributed by atoms with van der Waals surface area (Å²) in [7, 11) is 3.33. The molecule has 0 spiro atoms. The smallest absolute Gasteiger partial charge is 0.170 e. The number of tetrazole rings is 1. The van der Waals surface area contributed by atoms with Gasteiger partial charge in [0.1, 0.15) is 5.75 Å². The first-order valence-corrected chi connectivity index (χ1v) is 6.38. The summed E-state index contributed by atoms with van der Waals surface area (Å²) < 4.78 is 11.9. The molecule has 20 heavy (non-hydrogen) atoms. The second-order valence-corrected chi connectivity index (χ2v) is 4.33. The zero-order valence-electron chi connectivity index (χ0n) is 12.0. The SMILES string of the molecule is COCCNCc1nnnn1-c1ccc(OC)c(C)c1. The van der Waals surface area contributed by atoms with E-state index in [1.165, 1.54) is 0 Å². The third kappa shape index (κ3) is 3.31. The van der Waals surface area contributed by atoms with Crippen molar-refractivity contribution in [1.82, 2.24) is 25.5 Å². The number of rotatable bonds is 7. The fourth-order valence-electron chi connectivity index (χ4n) is 1.89. The van der Waals surface area contributed by atoms with Gasteiger partial charge in [-0.15, -0.1) is 5.10 Å². The van der Waals surface area contributed by atoms with Crippen LogP contribution >= 0.6 is 0 Å². The molecule has 1 heterocycles. The Balaban J connectivity index is 2.13. The highest BCUT2D eigenvalue weighted by Gasteiger charge is 2.09. The molecule has 0 saturated heterocycles. The van der Waals surface area contributed by atoms with Crippen molar-refractivity contribution in [3.05, 3.63) is 29.6 Å². The predicted molar refractivity (Wildman–Crippen MR) is 74.0 cm³/mol. The van der Waals surface area contributed by atoms with Crippen LogP contribution in [-0.2, 0) is 11.3 Å². The number of aryl methyl sites for hydroxylation is 1. The van der Waals surface area contributed by atoms with E-state index in [0.29, 0.717) is 13.2 Å². The molecular formula is C13H19N5O2. The van der Waals surface area contributed by atoms with Crippen molar-refractivity contribution in [2.45, 2.75) is 13.5 Å². The third-order valence-corrected chi connectivity index (χ3v) is 2.92. The molecule has 0 radical (unpaired) electrons. The van der Waals surface area contributed by atoms with Gasteiger partial charge in [0, 0.05) is 13.7 Å². The second-order valence-electron chi connectivity index (χ2n) is 4.33. The normalized spacial score (nSPS) is 10.8. The number of nitrogens with one attached hydrogen (secondary N) is 1. The lowest BCUT2D eigenvalue weighted by Crippen LogP contribution is -2.21. The number of aromatic nitrogens is 4. The number of hydrogen-bond acceptors (Lipinski definition) is 6. The van der Waals surface area contributed by atoms with Gasteiger partial charge in [-0.1, -0.05) is 0 Å². The van der Waals surface area contributed by atoms with Crippen LogP contribution in [0.3, 0.4) is 0 Å². The van der Waals surface area contributed by atoms with Gasteiger partial charge in [0.15, 0.2) is 5.82 Å². The Hall–Kier alpha value is -1.99. The fourth-order valence-corrected chi connectivity index (χ4v) is 1.89. The van der Waals surface area contributed by atoms with Gasteiger partial charge >= 0.3 is 0 Å². The lowest BCUT2D eigenvalue weighted by molar-refractivity contribution is 0.199. The third-order valence-electron chi connectivity index (χ3n) is 2.92. The largest absolute Gasteiger partial charge is 0.496 e. The van der Waals surface area contributed by atoms with Crippen molar-refractivity contribution in [2.75, 3.05) is 27.4 Å². The second kappa shape index (κ2) is 6.97. The highest BCUT2D eigenvalue weighted by atomic mass is 16.5. The van der Waals surface area contributed by atoms with E-state index in [1.54, 1.807) is 18.9 Å². The van der Waals surface area contributed by atoms with Gasteiger partial charge in [-0.2, -0.15) is 4.68 Å². The molecule has 0 unspecified atom stereocenters. The molecule has 0 amide bonds. The molecule has 7 heteroatoms. The maximum Gasteiger partial charge on any atom is 0.170 e. The summed E-state index contributed by atoms with van der Waals surface area (Å²) in [4.78, 5) is 0. The molecule has 2 aromatic rings. The topological polar surface area (TPSA) is 74.1 Å². The van der Waals surface area contributed by atoms with Crippen LogP contribution in [0, 0.1) is 6.92 Å². The van der Waals surface area contributed by atoms with Crippen LogP contribution in [0.2, 0.25) is 0 Å². The minimum atomic E-state index is 0.585. The van der Waals surface area contributed by atoms with Crippen molar-refractivity contribution in [1.29, 1.82) is 0 Å². The molecule has 1 N–H and O–H groups in total. The number of methoxy groups -OCH3 is 2. The van der Waals surface area contributed by atoms with E-state index >= 15 is 0 Å². The van der Waals surface area contributed by atoms with Crippen LogP contribution in [0.1, 0.15) is 11.4 Å². The molecule has 0 aliphatic carbocycles. The number of ether oxygens (including phenoxy) is 2. The summed E-state index contributed by atoms with van der Waals surface area (Å²) in [6.45, 7) is 3.98. The zero-order valence-corrected chi connectivity index (χ0v) is 12.0. The van der Waals surface area contributed by atoms with Crippen LogP contribution in [0.5, 0.6) is 5.75 Å². The van der Waals surface area contributed by atoms with Crippen molar-refractivity contribution in [3.8, 4) is 11.4 Å². The zero-order chi connectivity index (χ0) is 14.4. The summed E-state index contributed by atoms with van der Waals surface area (Å²) in [5, 5.41) is 15.0. The maximum atomic E-state index is 5.25. The summed E-state index contributed by atoms with van der Waals surface area (Å²) in [5.74, 6) is 1.60. The molecule has 1 aromatic carbocycles. The minimum absolute atomic E-state index is 0.585. The van der Waals surface area contributed by atoms with Gasteiger partial charge in [-0.25, -0.2) is 0 Å². The summed E-state index contributed by atoms with van der Waals surface area (Å²) >= 11 is 0. The van der Waals surface area contributed by atoms with Gasteiger partial charge in [-0.3, -0.25) is 0 Å². The lowest BCUT2D eigenvalue weighted by atomic mass is 10.2. The van der Waals surface area contributed by atoms with Gasteiger partial charge in [-0.05, 0) is 41.1 Å². The first-order valence-electron chi connectivity index (χ1n) is 6.38. The monoisotopic (exact) mass is 277 g/mol. The van der Waals surface area contributed by atoms with Gasteiger partial charge in [0.2, 0.25) is 0 Å². The average molecular weight is 277 g/mol. The van der Waals surface area contributed by atoms with Crippen molar-refractivity contribution < 1.29 is 9.47 Å². The Labute approximate surface area is 117 Å². The molecule has 108 valence electrons. The van der Waals surface area contributed by atoms with Crippen molar-refractivity contribution in [2.24, 2.45) is 0 Å². The minimum Gasteiger partial charge on any atom is -0.496 e. The van der Waals surface area contributed by atoms with Crippen LogP contribution in [0.4, 0.5) is 0 Å². The summed E-state index contributed by atoms with van der Waals surface area (Å²) in [6.07, 6.45) is 0. The Morgan fingerprint density at radius 2 is 2.15 bits per heavy atom. The van der Waals surface area contributed by atoms with E-state index in [-0.39, 0.29) is 0 Å². The molecule has 0 fully saturated rings. The lowest BCUT2D eigenvalue weighted by Gasteiger charge is -2.09. The molecule has 0 bridgehead atoms. The van der Waals surface area contributed by atoms with Crippen molar-refractivity contribution in [3.63, 3.8) is 0 Å². The average Bonchev–Trinajstić information content (AvgIpc) is 2.92. The Morgan fingerprint density at radius 3 is 2.85 bits per heavy atom. The van der Waals surface area contributed by atoms with E-state index in [2.05, 4.69) is 20.8 Å². The van der Waals surface area contributed by atoms with Crippen LogP contribution in [0.15, 0.2) is 18.2 Å². The van der Waals surface area contributed by atoms with E-state index < -0.39 is 0 Å². The van der Waals surface area contributed by atoms with E-state index in [4.69, 9.17) is 9.47 Å². The Morgan fingerprint density at radius 1 is 1.30 bits per heavy atom. The molecule has 0 aliphatic rings. The van der Waals surface area contributed by atoms with E-state index in [9.17, 15) is 0 Å². The van der Waals surface area contributed by atoms with Crippen LogP contribution < -0.4 is 10.1 Å². The standard InChI is InChI=1S/C13H19N5O2/c1-10-8-11(4-5-12(10)20-3)18-13(15-16-17-18)9-14-6-7-19-2/h4-5,8,14H,6-7,9H2,1-3H3.